The Bertz CT molecular complexity index is 954. The molecule has 0 N–H and O–H groups in total. The van der Waals surface area contributed by atoms with E-state index in [0.29, 0.717) is 5.02 Å². The van der Waals surface area contributed by atoms with E-state index in [1.807, 2.05) is 42.7 Å². The predicted octanol–water partition coefficient (Wildman–Crippen LogP) is 6.11. The third-order valence-corrected chi connectivity index (χ3v) is 7.19. The molecular formula is C25H27ClN2O. The van der Waals surface area contributed by atoms with Gasteiger partial charge in [0.25, 0.3) is 0 Å². The van der Waals surface area contributed by atoms with Crippen molar-refractivity contribution in [3.8, 4) is 0 Å². The first-order valence-electron chi connectivity index (χ1n) is 9.90. The van der Waals surface area contributed by atoms with Gasteiger partial charge in [-0.1, -0.05) is 73.5 Å². The van der Waals surface area contributed by atoms with Gasteiger partial charge in [0.15, 0.2) is 0 Å². The Morgan fingerprint density at radius 3 is 2.00 bits per heavy atom. The Kier molecular flexibility index (Phi) is 4.81. The van der Waals surface area contributed by atoms with E-state index >= 15 is 0 Å². The lowest BCUT2D eigenvalue weighted by atomic mass is 9.57. The van der Waals surface area contributed by atoms with E-state index in [1.165, 1.54) is 5.56 Å². The number of pyridine rings is 1. The zero-order valence-electron chi connectivity index (χ0n) is 17.6. The van der Waals surface area contributed by atoms with Crippen molar-refractivity contribution < 1.29 is 4.84 Å². The van der Waals surface area contributed by atoms with Gasteiger partial charge in [-0.25, -0.2) is 0 Å². The van der Waals surface area contributed by atoms with Crippen LogP contribution in [0.5, 0.6) is 0 Å². The molecule has 3 aromatic rings. The standard InChI is InChI=1S/C25H27ClN2O/c1-18-8-10-19(11-9-18)25(20-12-14-22(26)15-13-20)23(2,3)24(4,28(5)29-25)21-7-6-16-27-17-21/h6-17H,1-5H3. The van der Waals surface area contributed by atoms with Crippen LogP contribution < -0.4 is 0 Å². The van der Waals surface area contributed by atoms with E-state index in [0.717, 1.165) is 16.7 Å². The predicted molar refractivity (Wildman–Crippen MR) is 118 cm³/mol. The zero-order chi connectivity index (χ0) is 20.9. The molecule has 0 bridgehead atoms. The van der Waals surface area contributed by atoms with Crippen LogP contribution in [-0.2, 0) is 16.0 Å². The summed E-state index contributed by atoms with van der Waals surface area (Å²) in [4.78, 5) is 11.2. The highest BCUT2D eigenvalue weighted by molar-refractivity contribution is 6.30. The van der Waals surface area contributed by atoms with Crippen molar-refractivity contribution in [3.63, 3.8) is 0 Å². The topological polar surface area (TPSA) is 25.4 Å². The number of hydrogen-bond donors (Lipinski definition) is 0. The molecule has 2 heterocycles. The largest absolute Gasteiger partial charge is 0.281 e. The average Bonchev–Trinajstić information content (AvgIpc) is 2.88. The quantitative estimate of drug-likeness (QED) is 0.525. The molecule has 1 saturated heterocycles. The average molecular weight is 407 g/mol. The summed E-state index contributed by atoms with van der Waals surface area (Å²) in [6.07, 6.45) is 3.75. The molecule has 4 rings (SSSR count). The fraction of sp³-hybridized carbons (Fsp3) is 0.320. The number of rotatable bonds is 3. The van der Waals surface area contributed by atoms with Crippen LogP contribution >= 0.6 is 11.6 Å². The van der Waals surface area contributed by atoms with E-state index in [9.17, 15) is 0 Å². The van der Waals surface area contributed by atoms with Crippen LogP contribution in [0.2, 0.25) is 5.02 Å². The zero-order valence-corrected chi connectivity index (χ0v) is 18.4. The molecular weight excluding hydrogens is 380 g/mol. The van der Waals surface area contributed by atoms with Crippen LogP contribution in [0, 0.1) is 12.3 Å². The van der Waals surface area contributed by atoms with Gasteiger partial charge >= 0.3 is 0 Å². The maximum absolute atomic E-state index is 6.85. The first-order chi connectivity index (χ1) is 13.7. The Morgan fingerprint density at radius 2 is 1.45 bits per heavy atom. The lowest BCUT2D eigenvalue weighted by Crippen LogP contribution is -2.50. The van der Waals surface area contributed by atoms with Gasteiger partial charge in [0.1, 0.15) is 5.60 Å². The highest BCUT2D eigenvalue weighted by Gasteiger charge is 2.67. The van der Waals surface area contributed by atoms with Crippen LogP contribution in [0.3, 0.4) is 0 Å². The van der Waals surface area contributed by atoms with E-state index in [-0.39, 0.29) is 5.41 Å². The lowest BCUT2D eigenvalue weighted by molar-refractivity contribution is -0.198. The van der Waals surface area contributed by atoms with Gasteiger partial charge in [0, 0.05) is 29.9 Å². The van der Waals surface area contributed by atoms with E-state index in [1.54, 1.807) is 0 Å². The highest BCUT2D eigenvalue weighted by Crippen LogP contribution is 2.64. The smallest absolute Gasteiger partial charge is 0.147 e. The van der Waals surface area contributed by atoms with Crippen LogP contribution in [0.4, 0.5) is 0 Å². The minimum Gasteiger partial charge on any atom is -0.281 e. The van der Waals surface area contributed by atoms with Crippen molar-refractivity contribution in [2.24, 2.45) is 5.41 Å². The Morgan fingerprint density at radius 1 is 0.862 bits per heavy atom. The summed E-state index contributed by atoms with van der Waals surface area (Å²) in [5.74, 6) is 0. The summed E-state index contributed by atoms with van der Waals surface area (Å²) < 4.78 is 0. The van der Waals surface area contributed by atoms with Crippen LogP contribution in [0.15, 0.2) is 73.1 Å². The van der Waals surface area contributed by atoms with Crippen molar-refractivity contribution in [2.75, 3.05) is 7.05 Å². The molecule has 0 amide bonds. The highest BCUT2D eigenvalue weighted by atomic mass is 35.5. The molecule has 0 spiro atoms. The van der Waals surface area contributed by atoms with Gasteiger partial charge in [-0.2, -0.15) is 5.06 Å². The van der Waals surface area contributed by atoms with E-state index < -0.39 is 11.1 Å². The number of aryl methyl sites for hydroxylation is 1. The minimum absolute atomic E-state index is 0.346. The van der Waals surface area contributed by atoms with Crippen molar-refractivity contribution in [2.45, 2.75) is 38.8 Å². The van der Waals surface area contributed by atoms with E-state index in [2.05, 4.69) is 75.1 Å². The number of benzene rings is 2. The third kappa shape index (κ3) is 2.76. The monoisotopic (exact) mass is 406 g/mol. The van der Waals surface area contributed by atoms with Crippen LogP contribution in [-0.4, -0.2) is 17.1 Å². The first-order valence-corrected chi connectivity index (χ1v) is 10.3. The third-order valence-electron chi connectivity index (χ3n) is 6.93. The Balaban J connectivity index is 2.01. The normalized spacial score (nSPS) is 26.6. The molecule has 1 aliphatic rings. The van der Waals surface area contributed by atoms with Gasteiger partial charge in [-0.05, 0) is 48.7 Å². The number of aromatic nitrogens is 1. The molecule has 4 heteroatoms. The molecule has 29 heavy (non-hydrogen) atoms. The second-order valence-corrected chi connectivity index (χ2v) is 9.02. The van der Waals surface area contributed by atoms with Crippen molar-refractivity contribution in [3.05, 3.63) is 100 Å². The maximum Gasteiger partial charge on any atom is 0.147 e. The van der Waals surface area contributed by atoms with Gasteiger partial charge < -0.3 is 0 Å². The molecule has 1 fully saturated rings. The van der Waals surface area contributed by atoms with Gasteiger partial charge in [-0.3, -0.25) is 9.82 Å². The summed E-state index contributed by atoms with van der Waals surface area (Å²) >= 11 is 6.22. The Hall–Kier alpha value is -2.20. The summed E-state index contributed by atoms with van der Waals surface area (Å²) in [7, 11) is 2.01. The molecule has 0 aliphatic carbocycles. The van der Waals surface area contributed by atoms with Gasteiger partial charge in [0.05, 0.1) is 5.54 Å². The second-order valence-electron chi connectivity index (χ2n) is 8.58. The number of nitrogens with zero attached hydrogens (tertiary/aromatic N) is 2. The number of hydroxylamine groups is 2. The van der Waals surface area contributed by atoms with Crippen molar-refractivity contribution >= 4 is 11.6 Å². The van der Waals surface area contributed by atoms with Gasteiger partial charge in [0.2, 0.25) is 0 Å². The lowest BCUT2D eigenvalue weighted by Gasteiger charge is -2.46. The molecule has 150 valence electrons. The molecule has 2 aromatic carbocycles. The molecule has 2 atom stereocenters. The maximum atomic E-state index is 6.85. The van der Waals surface area contributed by atoms with Crippen molar-refractivity contribution in [1.29, 1.82) is 0 Å². The SMILES string of the molecule is Cc1ccc(C2(c3ccc(Cl)cc3)ON(C)C(C)(c3cccnc3)C2(C)C)cc1. The summed E-state index contributed by atoms with van der Waals surface area (Å²) in [6.45, 7) is 8.89. The molecule has 1 aliphatic heterocycles. The molecule has 1 aromatic heterocycles. The van der Waals surface area contributed by atoms with Crippen molar-refractivity contribution in [1.82, 2.24) is 10.0 Å². The second kappa shape index (κ2) is 6.94. The number of halogens is 1. The van der Waals surface area contributed by atoms with Crippen LogP contribution in [0.1, 0.15) is 43.0 Å². The summed E-state index contributed by atoms with van der Waals surface area (Å²) in [6, 6.07) is 20.8. The fourth-order valence-corrected chi connectivity index (χ4v) is 4.93. The molecule has 0 saturated carbocycles. The number of hydrogen-bond acceptors (Lipinski definition) is 3. The fourth-order valence-electron chi connectivity index (χ4n) is 4.81. The van der Waals surface area contributed by atoms with Gasteiger partial charge in [-0.15, -0.1) is 0 Å². The Labute approximate surface area is 178 Å². The van der Waals surface area contributed by atoms with Crippen LogP contribution in [0.25, 0.3) is 0 Å². The summed E-state index contributed by atoms with van der Waals surface area (Å²) in [5.41, 5.74) is 3.09. The minimum atomic E-state index is -0.690. The molecule has 2 unspecified atom stereocenters. The molecule has 0 radical (unpaired) electrons. The van der Waals surface area contributed by atoms with E-state index in [4.69, 9.17) is 16.4 Å². The summed E-state index contributed by atoms with van der Waals surface area (Å²) in [5, 5.41) is 2.71. The molecule has 3 nitrogen and oxygen atoms in total. The first kappa shape index (κ1) is 20.1.